The molecule has 21 heavy (non-hydrogen) atoms. The van der Waals surface area contributed by atoms with Gasteiger partial charge in [-0.05, 0) is 36.4 Å². The summed E-state index contributed by atoms with van der Waals surface area (Å²) in [5.41, 5.74) is 1.21. The van der Waals surface area contributed by atoms with Crippen LogP contribution >= 0.6 is 0 Å². The molecule has 0 heterocycles. The summed E-state index contributed by atoms with van der Waals surface area (Å²) in [6.07, 6.45) is 0. The van der Waals surface area contributed by atoms with Crippen LogP contribution in [0.25, 0.3) is 0 Å². The minimum absolute atomic E-state index is 0.252. The van der Waals surface area contributed by atoms with Gasteiger partial charge in [0.15, 0.2) is 11.6 Å². The van der Waals surface area contributed by atoms with Crippen LogP contribution < -0.4 is 14.8 Å². The van der Waals surface area contributed by atoms with Crippen molar-refractivity contribution in [3.8, 4) is 11.5 Å². The highest BCUT2D eigenvalue weighted by Crippen LogP contribution is 2.15. The van der Waals surface area contributed by atoms with Crippen LogP contribution in [0.1, 0.15) is 12.5 Å². The van der Waals surface area contributed by atoms with Gasteiger partial charge in [0.25, 0.3) is 0 Å². The fourth-order valence-corrected chi connectivity index (χ4v) is 1.85. The standard InChI is InChI=1S/C17H20FNO2/c1-2-19-13-14-7-9-15(10-8-14)20-11-12-21-17-6-4-3-5-16(17)18/h3-10,19H,2,11-13H2,1H3. The fourth-order valence-electron chi connectivity index (χ4n) is 1.85. The first-order chi connectivity index (χ1) is 10.3. The molecule has 0 saturated carbocycles. The maximum atomic E-state index is 13.3. The van der Waals surface area contributed by atoms with E-state index in [1.807, 2.05) is 24.3 Å². The lowest BCUT2D eigenvalue weighted by atomic mass is 10.2. The summed E-state index contributed by atoms with van der Waals surface area (Å²) in [5.74, 6) is 0.680. The number of halogens is 1. The zero-order valence-corrected chi connectivity index (χ0v) is 12.1. The van der Waals surface area contributed by atoms with E-state index in [1.54, 1.807) is 18.2 Å². The van der Waals surface area contributed by atoms with Crippen molar-refractivity contribution in [1.82, 2.24) is 5.32 Å². The number of hydrogen-bond acceptors (Lipinski definition) is 3. The first kappa shape index (κ1) is 15.3. The smallest absolute Gasteiger partial charge is 0.165 e. The molecule has 0 amide bonds. The van der Waals surface area contributed by atoms with E-state index in [0.717, 1.165) is 18.8 Å². The van der Waals surface area contributed by atoms with Crippen LogP contribution in [0.5, 0.6) is 11.5 Å². The molecule has 0 atom stereocenters. The molecular formula is C17H20FNO2. The summed E-state index contributed by atoms with van der Waals surface area (Å²) in [4.78, 5) is 0. The summed E-state index contributed by atoms with van der Waals surface area (Å²) >= 11 is 0. The summed E-state index contributed by atoms with van der Waals surface area (Å²) in [7, 11) is 0. The van der Waals surface area contributed by atoms with Crippen LogP contribution in [0, 0.1) is 5.82 Å². The largest absolute Gasteiger partial charge is 0.490 e. The normalized spacial score (nSPS) is 10.4. The molecule has 0 unspecified atom stereocenters. The first-order valence-corrected chi connectivity index (χ1v) is 7.09. The Kier molecular flexibility index (Phi) is 6.03. The maximum absolute atomic E-state index is 13.3. The molecule has 0 bridgehead atoms. The van der Waals surface area contributed by atoms with Gasteiger partial charge in [-0.3, -0.25) is 0 Å². The van der Waals surface area contributed by atoms with Gasteiger partial charge in [0.05, 0.1) is 0 Å². The van der Waals surface area contributed by atoms with E-state index >= 15 is 0 Å². The highest BCUT2D eigenvalue weighted by molar-refractivity contribution is 5.27. The summed E-state index contributed by atoms with van der Waals surface area (Å²) in [5, 5.41) is 3.26. The van der Waals surface area contributed by atoms with E-state index in [0.29, 0.717) is 13.2 Å². The van der Waals surface area contributed by atoms with Crippen LogP contribution in [0.4, 0.5) is 4.39 Å². The first-order valence-electron chi connectivity index (χ1n) is 7.09. The molecule has 0 radical (unpaired) electrons. The van der Waals surface area contributed by atoms with Crippen molar-refractivity contribution >= 4 is 0 Å². The Labute approximate surface area is 124 Å². The topological polar surface area (TPSA) is 30.5 Å². The van der Waals surface area contributed by atoms with Crippen molar-refractivity contribution in [2.75, 3.05) is 19.8 Å². The third-order valence-electron chi connectivity index (χ3n) is 2.95. The number of nitrogens with one attached hydrogen (secondary N) is 1. The Morgan fingerprint density at radius 2 is 1.67 bits per heavy atom. The van der Waals surface area contributed by atoms with Gasteiger partial charge in [-0.15, -0.1) is 0 Å². The second kappa shape index (κ2) is 8.27. The second-order valence-electron chi connectivity index (χ2n) is 4.55. The van der Waals surface area contributed by atoms with Gasteiger partial charge in [-0.1, -0.05) is 31.2 Å². The number of para-hydroxylation sites is 1. The van der Waals surface area contributed by atoms with Gasteiger partial charge in [-0.25, -0.2) is 4.39 Å². The van der Waals surface area contributed by atoms with Crippen molar-refractivity contribution < 1.29 is 13.9 Å². The van der Waals surface area contributed by atoms with E-state index < -0.39 is 0 Å². The van der Waals surface area contributed by atoms with Gasteiger partial charge in [0.1, 0.15) is 19.0 Å². The molecule has 0 spiro atoms. The summed E-state index contributed by atoms with van der Waals surface area (Å²) in [6, 6.07) is 14.2. The van der Waals surface area contributed by atoms with E-state index in [4.69, 9.17) is 9.47 Å². The minimum Gasteiger partial charge on any atom is -0.490 e. The zero-order chi connectivity index (χ0) is 14.9. The molecule has 112 valence electrons. The Morgan fingerprint density at radius 1 is 0.952 bits per heavy atom. The molecule has 3 nitrogen and oxygen atoms in total. The lowest BCUT2D eigenvalue weighted by Crippen LogP contribution is -2.12. The third kappa shape index (κ3) is 5.08. The average Bonchev–Trinajstić information content (AvgIpc) is 2.52. The molecule has 2 aromatic carbocycles. The van der Waals surface area contributed by atoms with Crippen LogP contribution in [0.2, 0.25) is 0 Å². The number of ether oxygens (including phenoxy) is 2. The van der Waals surface area contributed by atoms with Gasteiger partial charge in [0, 0.05) is 6.54 Å². The average molecular weight is 289 g/mol. The van der Waals surface area contributed by atoms with Crippen molar-refractivity contribution in [2.24, 2.45) is 0 Å². The van der Waals surface area contributed by atoms with Gasteiger partial charge < -0.3 is 14.8 Å². The third-order valence-corrected chi connectivity index (χ3v) is 2.95. The number of rotatable bonds is 8. The van der Waals surface area contributed by atoms with Crippen LogP contribution in [0.3, 0.4) is 0 Å². The molecule has 4 heteroatoms. The van der Waals surface area contributed by atoms with Crippen LogP contribution in [-0.4, -0.2) is 19.8 Å². The molecule has 0 aliphatic carbocycles. The van der Waals surface area contributed by atoms with E-state index in [2.05, 4.69) is 12.2 Å². The quantitative estimate of drug-likeness (QED) is 0.756. The lowest BCUT2D eigenvalue weighted by molar-refractivity contribution is 0.211. The van der Waals surface area contributed by atoms with E-state index in [-0.39, 0.29) is 11.6 Å². The lowest BCUT2D eigenvalue weighted by Gasteiger charge is -2.09. The molecule has 0 aromatic heterocycles. The number of hydrogen-bond donors (Lipinski definition) is 1. The molecule has 1 N–H and O–H groups in total. The Bertz CT molecular complexity index is 543. The second-order valence-corrected chi connectivity index (χ2v) is 4.55. The Morgan fingerprint density at radius 3 is 2.38 bits per heavy atom. The van der Waals surface area contributed by atoms with Crippen molar-refractivity contribution in [1.29, 1.82) is 0 Å². The summed E-state index contributed by atoms with van der Waals surface area (Å²) in [6.45, 7) is 4.56. The van der Waals surface area contributed by atoms with E-state index in [1.165, 1.54) is 11.6 Å². The van der Waals surface area contributed by atoms with Gasteiger partial charge >= 0.3 is 0 Å². The Hall–Kier alpha value is -2.07. The van der Waals surface area contributed by atoms with Gasteiger partial charge in [0.2, 0.25) is 0 Å². The molecular weight excluding hydrogens is 269 g/mol. The zero-order valence-electron chi connectivity index (χ0n) is 12.1. The highest BCUT2D eigenvalue weighted by Gasteiger charge is 2.01. The Balaban J connectivity index is 1.72. The monoisotopic (exact) mass is 289 g/mol. The molecule has 0 aliphatic heterocycles. The maximum Gasteiger partial charge on any atom is 0.165 e. The SMILES string of the molecule is CCNCc1ccc(OCCOc2ccccc2F)cc1. The highest BCUT2D eigenvalue weighted by atomic mass is 19.1. The fraction of sp³-hybridized carbons (Fsp3) is 0.294. The van der Waals surface area contributed by atoms with Crippen molar-refractivity contribution in [3.63, 3.8) is 0 Å². The van der Waals surface area contributed by atoms with Gasteiger partial charge in [-0.2, -0.15) is 0 Å². The molecule has 2 aromatic rings. The molecule has 0 aliphatic rings. The minimum atomic E-state index is -0.356. The summed E-state index contributed by atoms with van der Waals surface area (Å²) < 4.78 is 24.2. The number of benzene rings is 2. The molecule has 0 fully saturated rings. The molecule has 2 rings (SSSR count). The van der Waals surface area contributed by atoms with Crippen molar-refractivity contribution in [2.45, 2.75) is 13.5 Å². The molecule has 0 saturated heterocycles. The van der Waals surface area contributed by atoms with Crippen molar-refractivity contribution in [3.05, 3.63) is 59.9 Å². The predicted molar refractivity (Wildman–Crippen MR) is 81.2 cm³/mol. The van der Waals surface area contributed by atoms with E-state index in [9.17, 15) is 4.39 Å². The predicted octanol–water partition coefficient (Wildman–Crippen LogP) is 3.39. The van der Waals surface area contributed by atoms with Crippen LogP contribution in [0.15, 0.2) is 48.5 Å². The van der Waals surface area contributed by atoms with Crippen LogP contribution in [-0.2, 0) is 6.54 Å².